The third kappa shape index (κ3) is 2.81. The smallest absolute Gasteiger partial charge is 0.128 e. The zero-order chi connectivity index (χ0) is 15.0. The SMILES string of the molecule is Cc1cccc(Cn2c(C(C)Cl)nc3cc(C)ccc32)c1. The van der Waals surface area contributed by atoms with E-state index in [0.717, 1.165) is 23.4 Å². The minimum Gasteiger partial charge on any atom is -0.322 e. The van der Waals surface area contributed by atoms with Gasteiger partial charge in [-0.1, -0.05) is 35.9 Å². The van der Waals surface area contributed by atoms with E-state index in [-0.39, 0.29) is 5.38 Å². The summed E-state index contributed by atoms with van der Waals surface area (Å²) in [5, 5.41) is -0.109. The van der Waals surface area contributed by atoms with E-state index in [9.17, 15) is 0 Å². The summed E-state index contributed by atoms with van der Waals surface area (Å²) in [6, 6.07) is 14.9. The molecular formula is C18H19ClN2. The molecule has 0 saturated carbocycles. The first-order valence-electron chi connectivity index (χ1n) is 7.21. The molecule has 0 aliphatic heterocycles. The molecule has 1 unspecified atom stereocenters. The monoisotopic (exact) mass is 298 g/mol. The highest BCUT2D eigenvalue weighted by molar-refractivity contribution is 6.20. The van der Waals surface area contributed by atoms with Crippen LogP contribution in [-0.4, -0.2) is 9.55 Å². The van der Waals surface area contributed by atoms with Gasteiger partial charge in [-0.05, 0) is 44.0 Å². The van der Waals surface area contributed by atoms with Gasteiger partial charge < -0.3 is 4.57 Å². The van der Waals surface area contributed by atoms with Crippen LogP contribution in [0, 0.1) is 13.8 Å². The molecule has 0 aliphatic carbocycles. The molecule has 0 bridgehead atoms. The van der Waals surface area contributed by atoms with Crippen molar-refractivity contribution in [2.24, 2.45) is 0 Å². The van der Waals surface area contributed by atoms with Gasteiger partial charge in [-0.2, -0.15) is 0 Å². The number of alkyl halides is 1. The Morgan fingerprint density at radius 1 is 1.10 bits per heavy atom. The molecule has 0 saturated heterocycles. The molecule has 3 aromatic rings. The van der Waals surface area contributed by atoms with Gasteiger partial charge in [-0.3, -0.25) is 0 Å². The predicted molar refractivity (Wildman–Crippen MR) is 89.0 cm³/mol. The number of halogens is 1. The molecule has 21 heavy (non-hydrogen) atoms. The summed E-state index contributed by atoms with van der Waals surface area (Å²) < 4.78 is 2.22. The topological polar surface area (TPSA) is 17.8 Å². The van der Waals surface area contributed by atoms with Crippen molar-refractivity contribution in [1.82, 2.24) is 9.55 Å². The number of fused-ring (bicyclic) bond motifs is 1. The number of aryl methyl sites for hydroxylation is 2. The third-order valence-electron chi connectivity index (χ3n) is 3.71. The molecule has 0 spiro atoms. The largest absolute Gasteiger partial charge is 0.322 e. The molecule has 108 valence electrons. The van der Waals surface area contributed by atoms with Crippen molar-refractivity contribution < 1.29 is 0 Å². The second kappa shape index (κ2) is 5.53. The van der Waals surface area contributed by atoms with Crippen molar-refractivity contribution in [2.75, 3.05) is 0 Å². The fourth-order valence-corrected chi connectivity index (χ4v) is 2.89. The first-order chi connectivity index (χ1) is 10.0. The summed E-state index contributed by atoms with van der Waals surface area (Å²) in [6.07, 6.45) is 0. The van der Waals surface area contributed by atoms with Gasteiger partial charge in [0.05, 0.1) is 16.4 Å². The van der Waals surface area contributed by atoms with Crippen LogP contribution in [0.1, 0.15) is 34.8 Å². The third-order valence-corrected chi connectivity index (χ3v) is 3.91. The van der Waals surface area contributed by atoms with Crippen LogP contribution in [0.5, 0.6) is 0 Å². The number of benzene rings is 2. The van der Waals surface area contributed by atoms with E-state index in [4.69, 9.17) is 16.6 Å². The first-order valence-corrected chi connectivity index (χ1v) is 7.64. The summed E-state index contributed by atoms with van der Waals surface area (Å²) in [6.45, 7) is 6.97. The molecule has 3 heteroatoms. The predicted octanol–water partition coefficient (Wildman–Crippen LogP) is 5.00. The van der Waals surface area contributed by atoms with Crippen molar-refractivity contribution in [3.8, 4) is 0 Å². The summed E-state index contributed by atoms with van der Waals surface area (Å²) in [4.78, 5) is 4.72. The van der Waals surface area contributed by atoms with E-state index in [2.05, 4.69) is 60.9 Å². The maximum Gasteiger partial charge on any atom is 0.128 e. The fourth-order valence-electron chi connectivity index (χ4n) is 2.72. The van der Waals surface area contributed by atoms with Crippen LogP contribution in [0.15, 0.2) is 42.5 Å². The maximum atomic E-state index is 6.33. The van der Waals surface area contributed by atoms with E-state index >= 15 is 0 Å². The zero-order valence-electron chi connectivity index (χ0n) is 12.6. The Labute approximate surface area is 130 Å². The summed E-state index contributed by atoms with van der Waals surface area (Å²) >= 11 is 6.33. The minimum absolute atomic E-state index is 0.109. The number of rotatable bonds is 3. The molecule has 0 aliphatic rings. The Morgan fingerprint density at radius 3 is 2.57 bits per heavy atom. The Hall–Kier alpha value is -1.80. The van der Waals surface area contributed by atoms with Gasteiger partial charge in [0, 0.05) is 6.54 Å². The fraction of sp³-hybridized carbons (Fsp3) is 0.278. The lowest BCUT2D eigenvalue weighted by atomic mass is 10.1. The van der Waals surface area contributed by atoms with Crippen LogP contribution in [0.25, 0.3) is 11.0 Å². The van der Waals surface area contributed by atoms with Gasteiger partial charge >= 0.3 is 0 Å². The Morgan fingerprint density at radius 2 is 1.86 bits per heavy atom. The maximum absolute atomic E-state index is 6.33. The number of nitrogens with zero attached hydrogens (tertiary/aromatic N) is 2. The van der Waals surface area contributed by atoms with Crippen LogP contribution in [0.4, 0.5) is 0 Å². The van der Waals surface area contributed by atoms with Gasteiger partial charge in [-0.15, -0.1) is 11.6 Å². The summed E-state index contributed by atoms with van der Waals surface area (Å²) in [7, 11) is 0. The highest BCUT2D eigenvalue weighted by Crippen LogP contribution is 2.26. The van der Waals surface area contributed by atoms with E-state index in [1.807, 2.05) is 6.92 Å². The van der Waals surface area contributed by atoms with Gasteiger partial charge in [0.15, 0.2) is 0 Å². The second-order valence-electron chi connectivity index (χ2n) is 5.65. The van der Waals surface area contributed by atoms with E-state index in [0.29, 0.717) is 0 Å². The van der Waals surface area contributed by atoms with Crippen LogP contribution < -0.4 is 0 Å². The molecule has 1 heterocycles. The molecule has 0 N–H and O–H groups in total. The van der Waals surface area contributed by atoms with Crippen molar-refractivity contribution in [3.63, 3.8) is 0 Å². The molecular weight excluding hydrogens is 280 g/mol. The number of hydrogen-bond acceptors (Lipinski definition) is 1. The van der Waals surface area contributed by atoms with Crippen molar-refractivity contribution >= 4 is 22.6 Å². The Balaban J connectivity index is 2.13. The quantitative estimate of drug-likeness (QED) is 0.622. The van der Waals surface area contributed by atoms with Crippen LogP contribution in [0.3, 0.4) is 0 Å². The summed E-state index contributed by atoms with van der Waals surface area (Å²) in [5.41, 5.74) is 5.92. The number of imidazole rings is 1. The molecule has 1 aromatic heterocycles. The zero-order valence-corrected chi connectivity index (χ0v) is 13.4. The lowest BCUT2D eigenvalue weighted by Crippen LogP contribution is -2.05. The van der Waals surface area contributed by atoms with Crippen LogP contribution in [-0.2, 0) is 6.54 Å². The Bertz CT molecular complexity index is 787. The van der Waals surface area contributed by atoms with Crippen LogP contribution >= 0.6 is 11.6 Å². The standard InChI is InChI=1S/C18H19ClN2/c1-12-5-4-6-15(9-12)11-21-17-8-7-13(2)10-16(17)20-18(21)14(3)19/h4-10,14H,11H2,1-3H3. The number of hydrogen-bond donors (Lipinski definition) is 0. The Kier molecular flexibility index (Phi) is 3.73. The van der Waals surface area contributed by atoms with E-state index < -0.39 is 0 Å². The number of aromatic nitrogens is 2. The van der Waals surface area contributed by atoms with Crippen molar-refractivity contribution in [2.45, 2.75) is 32.7 Å². The average molecular weight is 299 g/mol. The highest BCUT2D eigenvalue weighted by atomic mass is 35.5. The van der Waals surface area contributed by atoms with E-state index in [1.54, 1.807) is 0 Å². The molecule has 1 atom stereocenters. The molecule has 2 nitrogen and oxygen atoms in total. The van der Waals surface area contributed by atoms with E-state index in [1.165, 1.54) is 16.7 Å². The molecule has 0 fully saturated rings. The molecule has 3 rings (SSSR count). The van der Waals surface area contributed by atoms with Crippen molar-refractivity contribution in [3.05, 3.63) is 65.0 Å². The van der Waals surface area contributed by atoms with Crippen LogP contribution in [0.2, 0.25) is 0 Å². The van der Waals surface area contributed by atoms with Gasteiger partial charge in [-0.25, -0.2) is 4.98 Å². The molecule has 0 amide bonds. The highest BCUT2D eigenvalue weighted by Gasteiger charge is 2.15. The summed E-state index contributed by atoms with van der Waals surface area (Å²) in [5.74, 6) is 0.929. The van der Waals surface area contributed by atoms with Gasteiger partial charge in [0.1, 0.15) is 5.82 Å². The lowest BCUT2D eigenvalue weighted by Gasteiger charge is -2.11. The minimum atomic E-state index is -0.109. The average Bonchev–Trinajstić information content (AvgIpc) is 2.77. The molecule has 2 aromatic carbocycles. The van der Waals surface area contributed by atoms with Crippen molar-refractivity contribution in [1.29, 1.82) is 0 Å². The molecule has 0 radical (unpaired) electrons. The normalized spacial score (nSPS) is 12.8. The lowest BCUT2D eigenvalue weighted by molar-refractivity contribution is 0.742. The first kappa shape index (κ1) is 14.2. The van der Waals surface area contributed by atoms with Gasteiger partial charge in [0.25, 0.3) is 0 Å². The second-order valence-corrected chi connectivity index (χ2v) is 6.31. The van der Waals surface area contributed by atoms with Gasteiger partial charge in [0.2, 0.25) is 0 Å².